The Labute approximate surface area is 298 Å². The smallest absolute Gasteiger partial charge is 0.164 e. The Kier molecular flexibility index (Phi) is 4.59. The standard InChI is InChI=1S/C45H35N3/c1-4-13-32(14-5-1)42-46-43(33-15-6-2-7-16-33)48-44(47-42)34-23-21-31(22-24-34)35-17-12-18-36(29-35)37-25-26-39-38-19-8-9-20-40(38)45(41(39)30-37)27-10-3-11-28-45/h1-2,4-9,12-26,29-30H,3,10-11,27-28H2/i12D,17D,18D,21D,22D,23D,24D,27D2,28D2,29D. The van der Waals surface area contributed by atoms with Crippen LogP contribution in [0.5, 0.6) is 0 Å². The molecule has 0 unspecified atom stereocenters. The highest BCUT2D eigenvalue weighted by molar-refractivity contribution is 5.85. The third kappa shape index (κ3) is 4.94. The van der Waals surface area contributed by atoms with E-state index in [0.717, 1.165) is 0 Å². The van der Waals surface area contributed by atoms with Crippen LogP contribution in [0.15, 0.2) is 151 Å². The molecule has 7 aromatic rings. The zero-order valence-electron chi connectivity index (χ0n) is 37.8. The molecule has 0 amide bonds. The van der Waals surface area contributed by atoms with Gasteiger partial charge in [-0.15, -0.1) is 0 Å². The van der Waals surface area contributed by atoms with Crippen molar-refractivity contribution < 1.29 is 16.4 Å². The molecule has 6 aromatic carbocycles. The molecule has 0 bridgehead atoms. The minimum atomic E-state index is -2.03. The first-order valence-electron chi connectivity index (χ1n) is 21.9. The molecule has 1 aromatic heterocycles. The third-order valence-electron chi connectivity index (χ3n) is 8.89. The van der Waals surface area contributed by atoms with E-state index in [1.165, 1.54) is 0 Å². The highest BCUT2D eigenvalue weighted by atomic mass is 15.0. The quantitative estimate of drug-likeness (QED) is 0.190. The predicted molar refractivity (Wildman–Crippen MR) is 196 cm³/mol. The van der Waals surface area contributed by atoms with Gasteiger partial charge in [0, 0.05) is 27.6 Å². The molecule has 48 heavy (non-hydrogen) atoms. The number of benzene rings is 6. The maximum Gasteiger partial charge on any atom is 0.164 e. The minimum absolute atomic E-state index is 0.109. The number of hydrogen-bond acceptors (Lipinski definition) is 3. The molecule has 3 nitrogen and oxygen atoms in total. The lowest BCUT2D eigenvalue weighted by Gasteiger charge is -2.36. The van der Waals surface area contributed by atoms with E-state index in [4.69, 9.17) is 4.11 Å². The Morgan fingerprint density at radius 1 is 0.458 bits per heavy atom. The average Bonchev–Trinajstić information content (AvgIpc) is 3.55. The summed E-state index contributed by atoms with van der Waals surface area (Å²) in [5.74, 6) is 0.359. The monoisotopic (exact) mass is 629 g/mol. The summed E-state index contributed by atoms with van der Waals surface area (Å²) in [6, 6.07) is 25.6. The first kappa shape index (κ1) is 18.6. The summed E-state index contributed by atoms with van der Waals surface area (Å²) in [5, 5.41) is 0. The van der Waals surface area contributed by atoms with E-state index in [1.807, 2.05) is 48.5 Å². The maximum absolute atomic E-state index is 9.52. The summed E-state index contributed by atoms with van der Waals surface area (Å²) in [6.07, 6.45) is -3.50. The molecule has 2 aliphatic carbocycles. The van der Waals surface area contributed by atoms with Crippen LogP contribution >= 0.6 is 0 Å². The van der Waals surface area contributed by atoms with Gasteiger partial charge < -0.3 is 0 Å². The van der Waals surface area contributed by atoms with E-state index < -0.39 is 72.1 Å². The van der Waals surface area contributed by atoms with Crippen LogP contribution in [-0.4, -0.2) is 15.0 Å². The van der Waals surface area contributed by atoms with E-state index >= 15 is 0 Å². The molecule has 0 radical (unpaired) electrons. The molecule has 1 spiro atoms. The van der Waals surface area contributed by atoms with Gasteiger partial charge in [-0.25, -0.2) is 15.0 Å². The van der Waals surface area contributed by atoms with Crippen molar-refractivity contribution in [3.05, 3.63) is 163 Å². The van der Waals surface area contributed by atoms with E-state index in [9.17, 15) is 12.3 Å². The summed E-state index contributed by atoms with van der Waals surface area (Å²) in [6.45, 7) is 0. The molecule has 0 N–H and O–H groups in total. The van der Waals surface area contributed by atoms with Gasteiger partial charge in [-0.2, -0.15) is 0 Å². The van der Waals surface area contributed by atoms with Crippen molar-refractivity contribution in [1.82, 2.24) is 15.0 Å². The summed E-state index contributed by atoms with van der Waals surface area (Å²) in [5.41, 5.74) is 0.718. The lowest BCUT2D eigenvalue weighted by molar-refractivity contribution is 0.353. The molecule has 1 fully saturated rings. The van der Waals surface area contributed by atoms with Gasteiger partial charge in [0.15, 0.2) is 17.5 Å². The number of nitrogens with zero attached hydrogens (tertiary/aromatic N) is 3. The molecule has 1 heterocycles. The molecular formula is C45H35N3. The van der Waals surface area contributed by atoms with Crippen LogP contribution in [0.1, 0.15) is 59.6 Å². The van der Waals surface area contributed by atoms with Crippen molar-refractivity contribution in [2.45, 2.75) is 37.4 Å². The molecule has 0 saturated heterocycles. The molecule has 3 heteroatoms. The fourth-order valence-corrected chi connectivity index (χ4v) is 6.60. The van der Waals surface area contributed by atoms with Crippen molar-refractivity contribution in [3.8, 4) is 67.5 Å². The van der Waals surface area contributed by atoms with Gasteiger partial charge in [-0.3, -0.25) is 0 Å². The number of hydrogen-bond donors (Lipinski definition) is 0. The molecule has 1 saturated carbocycles. The fourth-order valence-electron chi connectivity index (χ4n) is 6.60. The van der Waals surface area contributed by atoms with Crippen LogP contribution in [-0.2, 0) is 5.41 Å². The van der Waals surface area contributed by atoms with Gasteiger partial charge in [0.25, 0.3) is 0 Å². The molecule has 9 rings (SSSR count). The van der Waals surface area contributed by atoms with Crippen LogP contribution in [0, 0.1) is 0 Å². The van der Waals surface area contributed by atoms with Crippen LogP contribution < -0.4 is 0 Å². The third-order valence-corrected chi connectivity index (χ3v) is 8.89. The van der Waals surface area contributed by atoms with Crippen LogP contribution in [0.4, 0.5) is 0 Å². The van der Waals surface area contributed by atoms with Gasteiger partial charge in [0.2, 0.25) is 0 Å². The largest absolute Gasteiger partial charge is 0.208 e. The lowest BCUT2D eigenvalue weighted by Crippen LogP contribution is -2.28. The van der Waals surface area contributed by atoms with Gasteiger partial charge in [0.05, 0.1) is 11.0 Å². The topological polar surface area (TPSA) is 38.7 Å². The molecule has 0 aliphatic heterocycles. The maximum atomic E-state index is 9.52. The highest BCUT2D eigenvalue weighted by Crippen LogP contribution is 2.56. The highest BCUT2D eigenvalue weighted by Gasteiger charge is 2.43. The van der Waals surface area contributed by atoms with Crippen molar-refractivity contribution in [2.75, 3.05) is 0 Å². The van der Waals surface area contributed by atoms with Crippen molar-refractivity contribution in [1.29, 1.82) is 0 Å². The van der Waals surface area contributed by atoms with E-state index in [1.54, 1.807) is 54.6 Å². The molecule has 230 valence electrons. The van der Waals surface area contributed by atoms with Crippen LogP contribution in [0.2, 0.25) is 0 Å². The second kappa shape index (κ2) is 11.8. The molecule has 0 atom stereocenters. The van der Waals surface area contributed by atoms with Crippen LogP contribution in [0.25, 0.3) is 67.5 Å². The Morgan fingerprint density at radius 2 is 1.00 bits per heavy atom. The predicted octanol–water partition coefficient (Wildman–Crippen LogP) is 11.4. The normalized spacial score (nSPS) is 20.1. The van der Waals surface area contributed by atoms with Crippen LogP contribution in [0.3, 0.4) is 0 Å². The summed E-state index contributed by atoms with van der Waals surface area (Å²) < 4.78 is 111. The van der Waals surface area contributed by atoms with Gasteiger partial charge in [-0.05, 0) is 69.4 Å². The van der Waals surface area contributed by atoms with Crippen molar-refractivity contribution in [2.24, 2.45) is 0 Å². The number of rotatable bonds is 5. The van der Waals surface area contributed by atoms with Gasteiger partial charge >= 0.3 is 0 Å². The second-order valence-electron chi connectivity index (χ2n) is 11.8. The van der Waals surface area contributed by atoms with Crippen molar-refractivity contribution in [3.63, 3.8) is 0 Å². The van der Waals surface area contributed by atoms with E-state index in [-0.39, 0.29) is 52.6 Å². The Balaban J connectivity index is 1.25. The molecular weight excluding hydrogens is 583 g/mol. The zero-order chi connectivity index (χ0) is 42.5. The summed E-state index contributed by atoms with van der Waals surface area (Å²) in [7, 11) is 0. The van der Waals surface area contributed by atoms with E-state index in [2.05, 4.69) is 15.0 Å². The molecule has 2 aliphatic rings. The van der Waals surface area contributed by atoms with Gasteiger partial charge in [-0.1, -0.05) is 159 Å². The SMILES string of the molecule is [2H]c1c([2H])c(-c2ccc3c(c2)C2(c4ccccc4-3)C([2H])([2H])CCCC2([2H])[2H])c([2H])c(-c2c([2H])c([2H])c(-c3nc(-c4ccccc4)nc(-c4ccccc4)n3)c([2H])c2[2H])c1[2H]. The first-order chi connectivity index (χ1) is 28.6. The number of fused-ring (bicyclic) bond motifs is 5. The Morgan fingerprint density at radius 3 is 1.67 bits per heavy atom. The second-order valence-corrected chi connectivity index (χ2v) is 11.8. The average molecular weight is 630 g/mol. The minimum Gasteiger partial charge on any atom is -0.208 e. The summed E-state index contributed by atoms with van der Waals surface area (Å²) >= 11 is 0. The zero-order valence-corrected chi connectivity index (χ0v) is 25.8. The summed E-state index contributed by atoms with van der Waals surface area (Å²) in [4.78, 5) is 13.9. The van der Waals surface area contributed by atoms with Gasteiger partial charge in [0.1, 0.15) is 0 Å². The number of aromatic nitrogens is 3. The lowest BCUT2D eigenvalue weighted by atomic mass is 9.67. The van der Waals surface area contributed by atoms with E-state index in [0.29, 0.717) is 39.8 Å². The Bertz CT molecular complexity index is 2800. The Hall–Kier alpha value is -5.67. The fraction of sp³-hybridized carbons (Fsp3) is 0.133. The first-order valence-corrected chi connectivity index (χ1v) is 15.9. The van der Waals surface area contributed by atoms with Crippen molar-refractivity contribution >= 4 is 0 Å².